The fourth-order valence-corrected chi connectivity index (χ4v) is 1.52. The second-order valence-electron chi connectivity index (χ2n) is 4.00. The minimum atomic E-state index is 0.109. The molecule has 0 radical (unpaired) electrons. The van der Waals surface area contributed by atoms with Gasteiger partial charge in [0.1, 0.15) is 5.01 Å². The van der Waals surface area contributed by atoms with Crippen LogP contribution < -0.4 is 10.1 Å². The summed E-state index contributed by atoms with van der Waals surface area (Å²) in [5, 5.41) is 12.9. The normalized spacial score (nSPS) is 11.7. The van der Waals surface area contributed by atoms with Gasteiger partial charge >= 0.3 is 0 Å². The smallest absolute Gasteiger partial charge is 0.294 e. The Labute approximate surface area is 88.7 Å². The lowest BCUT2D eigenvalue weighted by Crippen LogP contribution is -2.35. The van der Waals surface area contributed by atoms with Crippen molar-refractivity contribution in [3.63, 3.8) is 0 Å². The van der Waals surface area contributed by atoms with E-state index in [2.05, 4.69) is 36.3 Å². The predicted molar refractivity (Wildman–Crippen MR) is 57.7 cm³/mol. The third-order valence-corrected chi connectivity index (χ3v) is 2.32. The van der Waals surface area contributed by atoms with Gasteiger partial charge in [-0.1, -0.05) is 11.3 Å². The molecule has 0 unspecified atom stereocenters. The Bertz CT molecular complexity index is 280. The van der Waals surface area contributed by atoms with Crippen LogP contribution in [-0.4, -0.2) is 22.3 Å². The second kappa shape index (κ2) is 4.70. The van der Waals surface area contributed by atoms with Crippen LogP contribution in [0.3, 0.4) is 0 Å². The molecule has 1 rings (SSSR count). The van der Waals surface area contributed by atoms with Crippen molar-refractivity contribution in [3.8, 4) is 5.19 Å². The molecule has 1 heterocycles. The number of aromatic nitrogens is 2. The van der Waals surface area contributed by atoms with E-state index in [0.29, 0.717) is 11.8 Å². The molecule has 1 aromatic rings. The number of hydrogen-bond acceptors (Lipinski definition) is 5. The summed E-state index contributed by atoms with van der Waals surface area (Å²) in [7, 11) is 0. The number of hydrogen-bond donors (Lipinski definition) is 1. The molecule has 0 bridgehead atoms. The SMILES string of the molecule is CCOc1nnc(CNC(C)(C)C)s1. The summed E-state index contributed by atoms with van der Waals surface area (Å²) < 4.78 is 5.24. The van der Waals surface area contributed by atoms with E-state index in [-0.39, 0.29) is 5.54 Å². The highest BCUT2D eigenvalue weighted by atomic mass is 32.1. The Hall–Kier alpha value is -0.680. The van der Waals surface area contributed by atoms with Crippen LogP contribution in [-0.2, 0) is 6.54 Å². The maximum Gasteiger partial charge on any atom is 0.294 e. The van der Waals surface area contributed by atoms with Crippen molar-refractivity contribution in [1.29, 1.82) is 0 Å². The summed E-state index contributed by atoms with van der Waals surface area (Å²) in [6.45, 7) is 9.69. The van der Waals surface area contributed by atoms with Crippen molar-refractivity contribution in [2.75, 3.05) is 6.61 Å². The molecule has 0 aromatic carbocycles. The van der Waals surface area contributed by atoms with E-state index in [9.17, 15) is 0 Å². The van der Waals surface area contributed by atoms with E-state index >= 15 is 0 Å². The van der Waals surface area contributed by atoms with Crippen molar-refractivity contribution in [1.82, 2.24) is 15.5 Å². The fraction of sp³-hybridized carbons (Fsp3) is 0.778. The van der Waals surface area contributed by atoms with Gasteiger partial charge in [0.05, 0.1) is 13.2 Å². The van der Waals surface area contributed by atoms with E-state index in [4.69, 9.17) is 4.74 Å². The van der Waals surface area contributed by atoms with Gasteiger partial charge in [0, 0.05) is 5.54 Å². The minimum Gasteiger partial charge on any atom is -0.469 e. The number of ether oxygens (including phenoxy) is 1. The highest BCUT2D eigenvalue weighted by Crippen LogP contribution is 2.17. The molecule has 4 nitrogen and oxygen atoms in total. The maximum atomic E-state index is 5.24. The summed E-state index contributed by atoms with van der Waals surface area (Å²) in [6, 6.07) is 0. The predicted octanol–water partition coefficient (Wildman–Crippen LogP) is 1.82. The third-order valence-electron chi connectivity index (χ3n) is 1.49. The zero-order valence-corrected chi connectivity index (χ0v) is 9.94. The molecule has 0 aliphatic rings. The maximum absolute atomic E-state index is 5.24. The van der Waals surface area contributed by atoms with Gasteiger partial charge in [-0.15, -0.1) is 10.2 Å². The van der Waals surface area contributed by atoms with Crippen LogP contribution in [0, 0.1) is 0 Å². The monoisotopic (exact) mass is 215 g/mol. The highest BCUT2D eigenvalue weighted by molar-refractivity contribution is 7.13. The van der Waals surface area contributed by atoms with Crippen LogP contribution in [0.4, 0.5) is 0 Å². The quantitative estimate of drug-likeness (QED) is 0.832. The number of nitrogens with one attached hydrogen (secondary N) is 1. The molecule has 0 fully saturated rings. The van der Waals surface area contributed by atoms with Gasteiger partial charge in [-0.3, -0.25) is 0 Å². The first-order valence-corrected chi connectivity index (χ1v) is 5.53. The molecule has 5 heteroatoms. The van der Waals surface area contributed by atoms with Gasteiger partial charge in [0.2, 0.25) is 0 Å². The largest absolute Gasteiger partial charge is 0.469 e. The van der Waals surface area contributed by atoms with E-state index in [1.54, 1.807) is 0 Å². The van der Waals surface area contributed by atoms with E-state index in [1.165, 1.54) is 11.3 Å². The molecule has 1 aromatic heterocycles. The van der Waals surface area contributed by atoms with E-state index in [1.807, 2.05) is 6.92 Å². The van der Waals surface area contributed by atoms with Crippen molar-refractivity contribution >= 4 is 11.3 Å². The molecule has 1 N–H and O–H groups in total. The lowest BCUT2D eigenvalue weighted by molar-refractivity contribution is 0.335. The van der Waals surface area contributed by atoms with Gasteiger partial charge in [0.15, 0.2) is 0 Å². The van der Waals surface area contributed by atoms with E-state index in [0.717, 1.165) is 11.6 Å². The average molecular weight is 215 g/mol. The molecule has 80 valence electrons. The Morgan fingerprint density at radius 3 is 2.64 bits per heavy atom. The number of nitrogens with zero attached hydrogens (tertiary/aromatic N) is 2. The van der Waals surface area contributed by atoms with Crippen LogP contribution in [0.5, 0.6) is 5.19 Å². The van der Waals surface area contributed by atoms with Gasteiger partial charge in [-0.05, 0) is 27.7 Å². The number of rotatable bonds is 4. The minimum absolute atomic E-state index is 0.109. The molecule has 0 amide bonds. The topological polar surface area (TPSA) is 47.0 Å². The third kappa shape index (κ3) is 4.02. The van der Waals surface area contributed by atoms with Gasteiger partial charge < -0.3 is 10.1 Å². The zero-order valence-electron chi connectivity index (χ0n) is 9.13. The molecule has 0 saturated carbocycles. The van der Waals surface area contributed by atoms with Crippen LogP contribution in [0.25, 0.3) is 0 Å². The average Bonchev–Trinajstić information content (AvgIpc) is 2.49. The Morgan fingerprint density at radius 1 is 1.36 bits per heavy atom. The van der Waals surface area contributed by atoms with Crippen molar-refractivity contribution in [3.05, 3.63) is 5.01 Å². The lowest BCUT2D eigenvalue weighted by atomic mass is 10.1. The molecule has 0 aliphatic heterocycles. The van der Waals surface area contributed by atoms with Crippen LogP contribution in [0.15, 0.2) is 0 Å². The fourth-order valence-electron chi connectivity index (χ4n) is 0.832. The van der Waals surface area contributed by atoms with Crippen molar-refractivity contribution in [2.24, 2.45) is 0 Å². The van der Waals surface area contributed by atoms with Crippen LogP contribution in [0.1, 0.15) is 32.7 Å². The van der Waals surface area contributed by atoms with Crippen LogP contribution in [0.2, 0.25) is 0 Å². The van der Waals surface area contributed by atoms with Crippen molar-refractivity contribution in [2.45, 2.75) is 39.8 Å². The second-order valence-corrected chi connectivity index (χ2v) is 5.02. The first-order valence-electron chi connectivity index (χ1n) is 4.71. The molecule has 14 heavy (non-hydrogen) atoms. The van der Waals surface area contributed by atoms with Gasteiger partial charge in [0.25, 0.3) is 5.19 Å². The Kier molecular flexibility index (Phi) is 3.83. The summed E-state index contributed by atoms with van der Waals surface area (Å²) in [5.41, 5.74) is 0.109. The highest BCUT2D eigenvalue weighted by Gasteiger charge is 2.11. The summed E-state index contributed by atoms with van der Waals surface area (Å²) in [4.78, 5) is 0. The van der Waals surface area contributed by atoms with E-state index < -0.39 is 0 Å². The molecule has 0 atom stereocenters. The van der Waals surface area contributed by atoms with Gasteiger partial charge in [-0.2, -0.15) is 0 Å². The first-order chi connectivity index (χ1) is 6.51. The first kappa shape index (κ1) is 11.4. The summed E-state index contributed by atoms with van der Waals surface area (Å²) in [6.07, 6.45) is 0. The molecule has 0 spiro atoms. The summed E-state index contributed by atoms with van der Waals surface area (Å²) >= 11 is 1.49. The Balaban J connectivity index is 2.44. The molecule has 0 saturated heterocycles. The van der Waals surface area contributed by atoms with Gasteiger partial charge in [-0.25, -0.2) is 0 Å². The zero-order chi connectivity index (χ0) is 10.6. The molecular weight excluding hydrogens is 198 g/mol. The lowest BCUT2D eigenvalue weighted by Gasteiger charge is -2.19. The van der Waals surface area contributed by atoms with Crippen LogP contribution >= 0.6 is 11.3 Å². The molecular formula is C9H17N3OS. The standard InChI is InChI=1S/C9H17N3OS/c1-5-13-8-12-11-7(14-8)6-10-9(2,3)4/h10H,5-6H2,1-4H3. The Morgan fingerprint density at radius 2 is 2.07 bits per heavy atom. The van der Waals surface area contributed by atoms with Crippen molar-refractivity contribution < 1.29 is 4.74 Å². The molecule has 0 aliphatic carbocycles. The summed E-state index contributed by atoms with van der Waals surface area (Å²) in [5.74, 6) is 0.